The van der Waals surface area contributed by atoms with Crippen LogP contribution in [-0.4, -0.2) is 54.0 Å². The number of nitrogens with zero attached hydrogens (tertiary/aromatic N) is 5. The van der Waals surface area contributed by atoms with Gasteiger partial charge < -0.3 is 14.7 Å². The van der Waals surface area contributed by atoms with Crippen molar-refractivity contribution in [2.24, 2.45) is 0 Å². The molecule has 0 unspecified atom stereocenters. The summed E-state index contributed by atoms with van der Waals surface area (Å²) in [7, 11) is 2.14. The maximum Gasteiger partial charge on any atom is 0.260 e. The highest BCUT2D eigenvalue weighted by molar-refractivity contribution is 6.05. The number of hydrogen-bond acceptors (Lipinski definition) is 5. The van der Waals surface area contributed by atoms with Crippen molar-refractivity contribution in [3.63, 3.8) is 0 Å². The van der Waals surface area contributed by atoms with Crippen LogP contribution in [0.25, 0.3) is 0 Å². The molecule has 1 aromatic carbocycles. The van der Waals surface area contributed by atoms with Gasteiger partial charge in [0.2, 0.25) is 0 Å². The summed E-state index contributed by atoms with van der Waals surface area (Å²) in [5.41, 5.74) is 2.00. The molecule has 1 aliphatic heterocycles. The first-order valence-corrected chi connectivity index (χ1v) is 10.5. The molecule has 4 rings (SSSR count). The zero-order valence-corrected chi connectivity index (χ0v) is 17.6. The molecule has 0 saturated carbocycles. The van der Waals surface area contributed by atoms with Crippen LogP contribution in [0.4, 0.5) is 15.9 Å². The number of aromatic nitrogens is 2. The molecule has 1 aliphatic rings. The van der Waals surface area contributed by atoms with Gasteiger partial charge in [-0.05, 0) is 68.0 Å². The number of benzene rings is 1. The largest absolute Gasteiger partial charge is 0.355 e. The van der Waals surface area contributed by atoms with Crippen LogP contribution in [0, 0.1) is 5.82 Å². The van der Waals surface area contributed by atoms with E-state index in [0.29, 0.717) is 17.8 Å². The molecule has 31 heavy (non-hydrogen) atoms. The average molecular weight is 420 g/mol. The Bertz CT molecular complexity index is 995. The van der Waals surface area contributed by atoms with Gasteiger partial charge in [0.05, 0.1) is 12.1 Å². The fourth-order valence-corrected chi connectivity index (χ4v) is 3.70. The van der Waals surface area contributed by atoms with Crippen LogP contribution in [-0.2, 0) is 6.54 Å². The van der Waals surface area contributed by atoms with Crippen molar-refractivity contribution in [1.82, 2.24) is 14.9 Å². The fourth-order valence-electron chi connectivity index (χ4n) is 3.70. The molecule has 0 aliphatic carbocycles. The number of carbonyl (C=O) groups excluding carboxylic acids is 1. The fraction of sp³-hybridized carbons (Fsp3) is 0.292. The van der Waals surface area contributed by atoms with Crippen LogP contribution in [0.5, 0.6) is 0 Å². The quantitative estimate of drug-likeness (QED) is 0.633. The molecule has 6 nitrogen and oxygen atoms in total. The Morgan fingerprint density at radius 1 is 1.03 bits per heavy atom. The smallest absolute Gasteiger partial charge is 0.260 e. The lowest BCUT2D eigenvalue weighted by Crippen LogP contribution is -2.31. The van der Waals surface area contributed by atoms with Gasteiger partial charge in [0, 0.05) is 43.9 Å². The van der Waals surface area contributed by atoms with E-state index in [1.807, 2.05) is 18.3 Å². The van der Waals surface area contributed by atoms with Crippen LogP contribution < -0.4 is 9.80 Å². The second-order valence-corrected chi connectivity index (χ2v) is 7.78. The maximum absolute atomic E-state index is 13.4. The van der Waals surface area contributed by atoms with Gasteiger partial charge >= 0.3 is 0 Å². The van der Waals surface area contributed by atoms with Gasteiger partial charge in [-0.2, -0.15) is 0 Å². The molecule has 1 amide bonds. The van der Waals surface area contributed by atoms with Gasteiger partial charge in [0.25, 0.3) is 5.91 Å². The zero-order chi connectivity index (χ0) is 21.6. The minimum atomic E-state index is -0.341. The highest BCUT2D eigenvalue weighted by atomic mass is 19.1. The Kier molecular flexibility index (Phi) is 6.52. The predicted molar refractivity (Wildman–Crippen MR) is 120 cm³/mol. The Labute approximate surface area is 182 Å². The number of pyridine rings is 2. The number of carbonyl (C=O) groups is 1. The maximum atomic E-state index is 13.4. The molecule has 0 spiro atoms. The Morgan fingerprint density at radius 2 is 1.87 bits per heavy atom. The molecule has 0 radical (unpaired) electrons. The van der Waals surface area contributed by atoms with Gasteiger partial charge in [-0.25, -0.2) is 9.37 Å². The summed E-state index contributed by atoms with van der Waals surface area (Å²) in [6.45, 7) is 4.37. The minimum absolute atomic E-state index is 0.195. The van der Waals surface area contributed by atoms with Crippen LogP contribution in [0.15, 0.2) is 67.1 Å². The van der Waals surface area contributed by atoms with Crippen molar-refractivity contribution in [1.29, 1.82) is 0 Å². The third-order valence-corrected chi connectivity index (χ3v) is 5.49. The molecule has 160 valence electrons. The van der Waals surface area contributed by atoms with E-state index in [1.54, 1.807) is 35.4 Å². The molecular formula is C24H26FN5O. The van der Waals surface area contributed by atoms with E-state index in [2.05, 4.69) is 26.8 Å². The first-order valence-electron chi connectivity index (χ1n) is 10.5. The molecule has 2 aromatic heterocycles. The summed E-state index contributed by atoms with van der Waals surface area (Å²) in [5.74, 6) is 0.414. The summed E-state index contributed by atoms with van der Waals surface area (Å²) in [6, 6.07) is 13.4. The standard InChI is InChI=1S/C24H26FN5O/c1-28-12-3-13-29(15-14-28)23-10-5-19(16-27-23)18-30(22-8-6-21(25)7-9-22)24(31)20-4-2-11-26-17-20/h2,4-11,16-17H,3,12-15,18H2,1H3. The van der Waals surface area contributed by atoms with E-state index < -0.39 is 0 Å². The van der Waals surface area contributed by atoms with Crippen LogP contribution in [0.3, 0.4) is 0 Å². The molecule has 3 aromatic rings. The highest BCUT2D eigenvalue weighted by Crippen LogP contribution is 2.22. The van der Waals surface area contributed by atoms with Gasteiger partial charge in [-0.1, -0.05) is 6.07 Å². The average Bonchev–Trinajstić information content (AvgIpc) is 3.03. The van der Waals surface area contributed by atoms with Crippen molar-refractivity contribution in [2.45, 2.75) is 13.0 Å². The third-order valence-electron chi connectivity index (χ3n) is 5.49. The lowest BCUT2D eigenvalue weighted by atomic mass is 10.1. The van der Waals surface area contributed by atoms with Crippen molar-refractivity contribution in [3.05, 3.63) is 84.1 Å². The molecule has 3 heterocycles. The number of amides is 1. The SMILES string of the molecule is CN1CCCN(c2ccc(CN(C(=O)c3cccnc3)c3ccc(F)cc3)cn2)CC1. The molecule has 1 saturated heterocycles. The highest BCUT2D eigenvalue weighted by Gasteiger charge is 2.19. The monoisotopic (exact) mass is 419 g/mol. The lowest BCUT2D eigenvalue weighted by molar-refractivity contribution is 0.0984. The van der Waals surface area contributed by atoms with E-state index in [-0.39, 0.29) is 11.7 Å². The Morgan fingerprint density at radius 3 is 2.58 bits per heavy atom. The van der Waals surface area contributed by atoms with E-state index in [1.165, 1.54) is 18.3 Å². The number of rotatable bonds is 5. The van der Waals surface area contributed by atoms with E-state index in [9.17, 15) is 9.18 Å². The second kappa shape index (κ2) is 9.66. The Hall–Kier alpha value is -3.32. The van der Waals surface area contributed by atoms with Crippen molar-refractivity contribution in [3.8, 4) is 0 Å². The summed E-state index contributed by atoms with van der Waals surface area (Å²) in [6.07, 6.45) is 6.09. The number of anilines is 2. The molecule has 1 fully saturated rings. The van der Waals surface area contributed by atoms with Crippen LogP contribution in [0.1, 0.15) is 22.3 Å². The Balaban J connectivity index is 1.55. The molecular weight excluding hydrogens is 393 g/mol. The number of halogens is 1. The lowest BCUT2D eigenvalue weighted by Gasteiger charge is -2.24. The van der Waals surface area contributed by atoms with Gasteiger partial charge in [0.15, 0.2) is 0 Å². The molecule has 0 bridgehead atoms. The molecule has 0 atom stereocenters. The number of likely N-dealkylation sites (N-methyl/N-ethyl adjacent to an activating group) is 1. The van der Waals surface area contributed by atoms with E-state index >= 15 is 0 Å². The van der Waals surface area contributed by atoms with Gasteiger partial charge in [-0.3, -0.25) is 9.78 Å². The van der Waals surface area contributed by atoms with Crippen molar-refractivity contribution in [2.75, 3.05) is 43.0 Å². The van der Waals surface area contributed by atoms with Crippen molar-refractivity contribution < 1.29 is 9.18 Å². The summed E-state index contributed by atoms with van der Waals surface area (Å²) in [5, 5.41) is 0. The van der Waals surface area contributed by atoms with Crippen LogP contribution >= 0.6 is 0 Å². The summed E-state index contributed by atoms with van der Waals surface area (Å²) in [4.78, 5) is 28.1. The topological polar surface area (TPSA) is 52.6 Å². The summed E-state index contributed by atoms with van der Waals surface area (Å²) >= 11 is 0. The summed E-state index contributed by atoms with van der Waals surface area (Å²) < 4.78 is 13.4. The number of hydrogen-bond donors (Lipinski definition) is 0. The zero-order valence-electron chi connectivity index (χ0n) is 17.6. The predicted octanol–water partition coefficient (Wildman–Crippen LogP) is 3.60. The molecule has 0 N–H and O–H groups in total. The normalized spacial score (nSPS) is 14.8. The molecule has 7 heteroatoms. The van der Waals surface area contributed by atoms with E-state index in [4.69, 9.17) is 0 Å². The third kappa shape index (κ3) is 5.24. The van der Waals surface area contributed by atoms with Crippen LogP contribution in [0.2, 0.25) is 0 Å². The van der Waals surface area contributed by atoms with Gasteiger partial charge in [-0.15, -0.1) is 0 Å². The first kappa shape index (κ1) is 20.9. The van der Waals surface area contributed by atoms with Crippen molar-refractivity contribution >= 4 is 17.4 Å². The van der Waals surface area contributed by atoms with E-state index in [0.717, 1.165) is 44.0 Å². The second-order valence-electron chi connectivity index (χ2n) is 7.78. The van der Waals surface area contributed by atoms with Gasteiger partial charge in [0.1, 0.15) is 11.6 Å². The minimum Gasteiger partial charge on any atom is -0.355 e. The first-order chi connectivity index (χ1) is 15.1.